The summed E-state index contributed by atoms with van der Waals surface area (Å²) in [7, 11) is 1.91. The van der Waals surface area contributed by atoms with Gasteiger partial charge in [-0.2, -0.15) is 13.2 Å². The minimum Gasteiger partial charge on any atom is -0.338 e. The van der Waals surface area contributed by atoms with Gasteiger partial charge in [-0.05, 0) is 78.8 Å². The van der Waals surface area contributed by atoms with E-state index < -0.39 is 17.6 Å². The van der Waals surface area contributed by atoms with Crippen LogP contribution in [0.25, 0.3) is 0 Å². The Labute approximate surface area is 254 Å². The van der Waals surface area contributed by atoms with E-state index in [4.69, 9.17) is 0 Å². The fourth-order valence-corrected chi connectivity index (χ4v) is 7.61. The summed E-state index contributed by atoms with van der Waals surface area (Å²) in [4.78, 5) is 31.1. The first-order valence-electron chi connectivity index (χ1n) is 15.2. The van der Waals surface area contributed by atoms with Gasteiger partial charge in [-0.1, -0.05) is 25.1 Å². The summed E-state index contributed by atoms with van der Waals surface area (Å²) in [6.07, 6.45) is 2.55. The number of hydrogen-bond acceptors (Lipinski definition) is 5. The Bertz CT molecular complexity index is 1640. The van der Waals surface area contributed by atoms with E-state index >= 15 is 0 Å². The molecule has 3 aromatic rings. The van der Waals surface area contributed by atoms with Gasteiger partial charge in [0.15, 0.2) is 0 Å². The molecular formula is C33H35F3N6O2. The van der Waals surface area contributed by atoms with Crippen LogP contribution in [0.15, 0.2) is 55.4 Å². The fourth-order valence-electron chi connectivity index (χ4n) is 7.61. The van der Waals surface area contributed by atoms with Crippen LogP contribution in [0.3, 0.4) is 0 Å². The maximum atomic E-state index is 14.4. The Morgan fingerprint density at radius 3 is 2.64 bits per heavy atom. The van der Waals surface area contributed by atoms with Crippen LogP contribution in [0, 0.1) is 11.3 Å². The van der Waals surface area contributed by atoms with Crippen molar-refractivity contribution in [2.45, 2.75) is 50.9 Å². The number of nitrogens with zero attached hydrogens (tertiary/aromatic N) is 6. The van der Waals surface area contributed by atoms with Gasteiger partial charge in [0.1, 0.15) is 12.2 Å². The van der Waals surface area contributed by atoms with E-state index in [0.717, 1.165) is 43.6 Å². The number of benzene rings is 2. The maximum absolute atomic E-state index is 14.4. The van der Waals surface area contributed by atoms with Crippen LogP contribution < -0.4 is 4.90 Å². The van der Waals surface area contributed by atoms with Gasteiger partial charge < -0.3 is 14.4 Å². The Hall–Kier alpha value is -3.99. The number of anilines is 1. The average Bonchev–Trinajstić information content (AvgIpc) is 3.66. The highest BCUT2D eigenvalue weighted by Gasteiger charge is 2.49. The monoisotopic (exact) mass is 604 g/mol. The Balaban J connectivity index is 1.15. The molecule has 0 unspecified atom stereocenters. The molecule has 0 bridgehead atoms. The van der Waals surface area contributed by atoms with Crippen LogP contribution in [-0.2, 0) is 31.1 Å². The smallest absolute Gasteiger partial charge is 0.338 e. The minimum absolute atomic E-state index is 0.00462. The molecule has 1 atom stereocenters. The lowest BCUT2D eigenvalue weighted by molar-refractivity contribution is -0.138. The Kier molecular flexibility index (Phi) is 6.91. The van der Waals surface area contributed by atoms with E-state index in [0.29, 0.717) is 43.3 Å². The first kappa shape index (κ1) is 28.8. The first-order valence-corrected chi connectivity index (χ1v) is 15.2. The molecule has 4 aliphatic rings. The molecule has 230 valence electrons. The van der Waals surface area contributed by atoms with Crippen molar-refractivity contribution in [3.8, 4) is 0 Å². The highest BCUT2D eigenvalue weighted by molar-refractivity contribution is 6.10. The van der Waals surface area contributed by atoms with Gasteiger partial charge in [0, 0.05) is 55.8 Å². The van der Waals surface area contributed by atoms with E-state index in [1.165, 1.54) is 17.0 Å². The highest BCUT2D eigenvalue weighted by atomic mass is 19.4. The van der Waals surface area contributed by atoms with Crippen molar-refractivity contribution in [2.24, 2.45) is 18.4 Å². The van der Waals surface area contributed by atoms with E-state index in [1.807, 2.05) is 29.8 Å². The standard InChI is InChI=1S/C33H35F3N6O2/c1-3-28(43)41-18-32(19-41)10-11-40(17-32)15-21-12-25-26(27(13-21)33(34,35)36)16-42(31(25)44)24-9-5-8-23(14-24)29(22-6-4-7-22)30-38-37-20-39(30)2/h3,5,8-9,12-14,20,22,29H,1,4,6-7,10-11,15-19H2,2H3/t29-/m1/s1. The third-order valence-corrected chi connectivity index (χ3v) is 10.1. The van der Waals surface area contributed by atoms with Crippen molar-refractivity contribution in [3.63, 3.8) is 0 Å². The van der Waals surface area contributed by atoms with E-state index in [2.05, 4.69) is 21.7 Å². The van der Waals surface area contributed by atoms with Crippen molar-refractivity contribution < 1.29 is 22.8 Å². The third kappa shape index (κ3) is 4.91. The second-order valence-electron chi connectivity index (χ2n) is 13.0. The van der Waals surface area contributed by atoms with Gasteiger partial charge in [-0.3, -0.25) is 14.5 Å². The Morgan fingerprint density at radius 2 is 1.98 bits per heavy atom. The zero-order valence-electron chi connectivity index (χ0n) is 24.7. The molecule has 1 saturated carbocycles. The number of aryl methyl sites for hydroxylation is 1. The van der Waals surface area contributed by atoms with Gasteiger partial charge in [-0.15, -0.1) is 10.2 Å². The van der Waals surface area contributed by atoms with Gasteiger partial charge >= 0.3 is 6.18 Å². The molecule has 0 radical (unpaired) electrons. The lowest BCUT2D eigenvalue weighted by Gasteiger charge is -2.47. The second-order valence-corrected chi connectivity index (χ2v) is 13.0. The molecule has 3 aliphatic heterocycles. The number of hydrogen-bond donors (Lipinski definition) is 0. The number of carbonyl (C=O) groups excluding carboxylic acids is 2. The number of amides is 2. The number of rotatable bonds is 7. The largest absolute Gasteiger partial charge is 0.416 e. The number of likely N-dealkylation sites (tertiary alicyclic amines) is 2. The van der Waals surface area contributed by atoms with Gasteiger partial charge in [-0.25, -0.2) is 0 Å². The molecule has 11 heteroatoms. The SMILES string of the molecule is C=CC(=O)N1CC2(CCN(Cc3cc4c(c(C(F)(F)F)c3)CN(c3cccc([C@H](c5nncn5C)C5CCC5)c3)C4=O)C2)C1. The average molecular weight is 605 g/mol. The summed E-state index contributed by atoms with van der Waals surface area (Å²) in [5, 5.41) is 8.45. The molecule has 2 amide bonds. The summed E-state index contributed by atoms with van der Waals surface area (Å²) < 4.78 is 45.2. The number of alkyl halides is 3. The summed E-state index contributed by atoms with van der Waals surface area (Å²) in [5.74, 6) is 0.726. The lowest BCUT2D eigenvalue weighted by atomic mass is 9.72. The molecule has 2 saturated heterocycles. The summed E-state index contributed by atoms with van der Waals surface area (Å²) >= 11 is 0. The molecule has 7 rings (SSSR count). The number of carbonyl (C=O) groups is 2. The normalized spacial score (nSPS) is 20.5. The molecule has 2 aromatic carbocycles. The van der Waals surface area contributed by atoms with Crippen molar-refractivity contribution in [2.75, 3.05) is 31.1 Å². The quantitative estimate of drug-likeness (QED) is 0.349. The maximum Gasteiger partial charge on any atom is 0.416 e. The first-order chi connectivity index (χ1) is 21.0. The molecule has 44 heavy (non-hydrogen) atoms. The summed E-state index contributed by atoms with van der Waals surface area (Å²) in [6.45, 7) is 6.43. The van der Waals surface area contributed by atoms with Crippen molar-refractivity contribution in [1.82, 2.24) is 24.6 Å². The van der Waals surface area contributed by atoms with E-state index in [-0.39, 0.29) is 34.9 Å². The molecule has 4 heterocycles. The molecule has 1 aliphatic carbocycles. The molecular weight excluding hydrogens is 569 g/mol. The Morgan fingerprint density at radius 1 is 1.18 bits per heavy atom. The van der Waals surface area contributed by atoms with E-state index in [9.17, 15) is 22.8 Å². The number of halogens is 3. The van der Waals surface area contributed by atoms with Crippen LogP contribution in [0.4, 0.5) is 18.9 Å². The molecule has 3 fully saturated rings. The molecule has 1 aromatic heterocycles. The lowest BCUT2D eigenvalue weighted by Crippen LogP contribution is -2.59. The number of fused-ring (bicyclic) bond motifs is 1. The molecule has 1 spiro atoms. The summed E-state index contributed by atoms with van der Waals surface area (Å²) in [6, 6.07) is 10.5. The van der Waals surface area contributed by atoms with Gasteiger partial charge in [0.25, 0.3) is 5.91 Å². The predicted octanol–water partition coefficient (Wildman–Crippen LogP) is 5.15. The van der Waals surface area contributed by atoms with Crippen molar-refractivity contribution in [1.29, 1.82) is 0 Å². The van der Waals surface area contributed by atoms with Crippen LogP contribution in [0.1, 0.15) is 70.0 Å². The fraction of sp³-hybridized carbons (Fsp3) is 0.455. The van der Waals surface area contributed by atoms with Crippen molar-refractivity contribution in [3.05, 3.63) is 89.0 Å². The van der Waals surface area contributed by atoms with Crippen molar-refractivity contribution >= 4 is 17.5 Å². The van der Waals surface area contributed by atoms with Crippen LogP contribution in [0.2, 0.25) is 0 Å². The van der Waals surface area contributed by atoms with E-state index in [1.54, 1.807) is 23.4 Å². The minimum atomic E-state index is -4.59. The van der Waals surface area contributed by atoms with Gasteiger partial charge in [0.2, 0.25) is 5.91 Å². The molecule has 0 N–H and O–H groups in total. The zero-order chi connectivity index (χ0) is 30.8. The molecule has 8 nitrogen and oxygen atoms in total. The zero-order valence-corrected chi connectivity index (χ0v) is 24.7. The van der Waals surface area contributed by atoms with Gasteiger partial charge in [0.05, 0.1) is 12.1 Å². The van der Waals surface area contributed by atoms with Crippen LogP contribution in [-0.4, -0.2) is 62.6 Å². The topological polar surface area (TPSA) is 74.6 Å². The highest BCUT2D eigenvalue weighted by Crippen LogP contribution is 2.45. The summed E-state index contributed by atoms with van der Waals surface area (Å²) in [5.41, 5.74) is 1.40. The predicted molar refractivity (Wildman–Crippen MR) is 158 cm³/mol. The second kappa shape index (κ2) is 10.6. The van der Waals surface area contributed by atoms with Crippen LogP contribution >= 0.6 is 0 Å². The van der Waals surface area contributed by atoms with Crippen LogP contribution in [0.5, 0.6) is 0 Å². The third-order valence-electron chi connectivity index (χ3n) is 10.1. The number of aromatic nitrogens is 3.